The molecule has 0 spiro atoms. The van der Waals surface area contributed by atoms with E-state index in [1.54, 1.807) is 6.20 Å². The molecule has 1 aromatic rings. The molecule has 0 aromatic carbocycles. The van der Waals surface area contributed by atoms with Crippen LogP contribution in [0.15, 0.2) is 18.6 Å². The van der Waals surface area contributed by atoms with E-state index in [1.807, 2.05) is 13.0 Å². The van der Waals surface area contributed by atoms with E-state index < -0.39 is 0 Å². The van der Waals surface area contributed by atoms with Gasteiger partial charge in [0.25, 0.3) is 0 Å². The van der Waals surface area contributed by atoms with Gasteiger partial charge in [-0.15, -0.1) is 0 Å². The Labute approximate surface area is 82.3 Å². The van der Waals surface area contributed by atoms with Crippen molar-refractivity contribution in [1.82, 2.24) is 9.97 Å². The van der Waals surface area contributed by atoms with Crippen molar-refractivity contribution >= 4 is 5.97 Å². The van der Waals surface area contributed by atoms with Crippen molar-refractivity contribution in [2.45, 2.75) is 19.3 Å². The molecule has 1 aliphatic carbocycles. The molecule has 2 atom stereocenters. The summed E-state index contributed by atoms with van der Waals surface area (Å²) in [5, 5.41) is 0. The third-order valence-electron chi connectivity index (χ3n) is 2.36. The molecule has 14 heavy (non-hydrogen) atoms. The largest absolute Gasteiger partial charge is 0.466 e. The highest BCUT2D eigenvalue weighted by Gasteiger charge is 2.45. The first-order valence-corrected chi connectivity index (χ1v) is 4.75. The molecular weight excluding hydrogens is 180 g/mol. The van der Waals surface area contributed by atoms with Gasteiger partial charge in [0.1, 0.15) is 6.33 Å². The van der Waals surface area contributed by atoms with E-state index in [9.17, 15) is 4.79 Å². The van der Waals surface area contributed by atoms with Gasteiger partial charge in [0, 0.05) is 17.8 Å². The minimum atomic E-state index is -0.101. The van der Waals surface area contributed by atoms with Gasteiger partial charge in [-0.2, -0.15) is 0 Å². The molecule has 0 aliphatic heterocycles. The average molecular weight is 192 g/mol. The molecule has 1 aromatic heterocycles. The van der Waals surface area contributed by atoms with Crippen molar-refractivity contribution in [3.63, 3.8) is 0 Å². The summed E-state index contributed by atoms with van der Waals surface area (Å²) in [5.74, 6) is 0.165. The maximum absolute atomic E-state index is 11.3. The van der Waals surface area contributed by atoms with Gasteiger partial charge in [-0.25, -0.2) is 9.97 Å². The molecule has 0 bridgehead atoms. The average Bonchev–Trinajstić information content (AvgIpc) is 2.99. The van der Waals surface area contributed by atoms with Gasteiger partial charge in [0.2, 0.25) is 0 Å². The Morgan fingerprint density at radius 1 is 1.71 bits per heavy atom. The summed E-state index contributed by atoms with van der Waals surface area (Å²) in [7, 11) is 0. The second-order valence-electron chi connectivity index (χ2n) is 3.33. The Morgan fingerprint density at radius 3 is 3.21 bits per heavy atom. The first kappa shape index (κ1) is 9.12. The summed E-state index contributed by atoms with van der Waals surface area (Å²) in [4.78, 5) is 19.3. The quantitative estimate of drug-likeness (QED) is 0.674. The molecule has 4 heteroatoms. The molecule has 74 valence electrons. The topological polar surface area (TPSA) is 52.1 Å². The Morgan fingerprint density at radius 2 is 2.57 bits per heavy atom. The SMILES string of the molecule is CCOC(=O)C1CC1c1ccncn1. The standard InChI is InChI=1S/C10H12N2O2/c1-2-14-10(13)8-5-7(8)9-3-4-11-6-12-9/h3-4,6-8H,2,5H2,1H3. The van der Waals surface area contributed by atoms with E-state index in [1.165, 1.54) is 6.33 Å². The van der Waals surface area contributed by atoms with Crippen LogP contribution < -0.4 is 0 Å². The summed E-state index contributed by atoms with van der Waals surface area (Å²) in [6, 6.07) is 1.85. The van der Waals surface area contributed by atoms with Crippen LogP contribution in [0.1, 0.15) is 25.0 Å². The highest BCUT2D eigenvalue weighted by atomic mass is 16.5. The Bertz CT molecular complexity index is 326. The number of aromatic nitrogens is 2. The lowest BCUT2D eigenvalue weighted by molar-refractivity contribution is -0.144. The Kier molecular flexibility index (Phi) is 2.43. The minimum Gasteiger partial charge on any atom is -0.466 e. The molecule has 1 fully saturated rings. The second kappa shape index (κ2) is 3.74. The number of hydrogen-bond donors (Lipinski definition) is 0. The molecule has 1 heterocycles. The summed E-state index contributed by atoms with van der Waals surface area (Å²) in [6.45, 7) is 2.27. The van der Waals surface area contributed by atoms with E-state index in [-0.39, 0.29) is 17.8 Å². The summed E-state index contributed by atoms with van der Waals surface area (Å²) >= 11 is 0. The fourth-order valence-corrected chi connectivity index (χ4v) is 1.55. The van der Waals surface area contributed by atoms with Crippen LogP contribution in [0.3, 0.4) is 0 Å². The fourth-order valence-electron chi connectivity index (χ4n) is 1.55. The monoisotopic (exact) mass is 192 g/mol. The Hall–Kier alpha value is -1.45. The molecule has 1 saturated carbocycles. The number of carbonyl (C=O) groups excluding carboxylic acids is 1. The lowest BCUT2D eigenvalue weighted by atomic mass is 10.2. The van der Waals surface area contributed by atoms with Gasteiger partial charge in [0.15, 0.2) is 0 Å². The molecule has 0 amide bonds. The molecule has 0 N–H and O–H groups in total. The van der Waals surface area contributed by atoms with Crippen molar-refractivity contribution in [2.75, 3.05) is 6.61 Å². The second-order valence-corrected chi connectivity index (χ2v) is 3.33. The van der Waals surface area contributed by atoms with Crippen LogP contribution in [0.2, 0.25) is 0 Å². The highest BCUT2D eigenvalue weighted by Crippen LogP contribution is 2.47. The van der Waals surface area contributed by atoms with Crippen LogP contribution in [-0.4, -0.2) is 22.5 Å². The number of rotatable bonds is 3. The molecule has 1 aliphatic rings. The van der Waals surface area contributed by atoms with Crippen molar-refractivity contribution < 1.29 is 9.53 Å². The normalized spacial score (nSPS) is 24.4. The third kappa shape index (κ3) is 1.73. The zero-order chi connectivity index (χ0) is 9.97. The van der Waals surface area contributed by atoms with Crippen LogP contribution >= 0.6 is 0 Å². The van der Waals surface area contributed by atoms with E-state index in [0.29, 0.717) is 6.61 Å². The van der Waals surface area contributed by atoms with Gasteiger partial charge in [-0.3, -0.25) is 4.79 Å². The number of nitrogens with zero attached hydrogens (tertiary/aromatic N) is 2. The van der Waals surface area contributed by atoms with Gasteiger partial charge in [0.05, 0.1) is 12.5 Å². The first-order chi connectivity index (χ1) is 6.83. The number of esters is 1. The molecule has 4 nitrogen and oxygen atoms in total. The fraction of sp³-hybridized carbons (Fsp3) is 0.500. The number of carbonyl (C=O) groups is 1. The van der Waals surface area contributed by atoms with E-state index in [0.717, 1.165) is 12.1 Å². The molecule has 2 unspecified atom stereocenters. The predicted octanol–water partition coefficient (Wildman–Crippen LogP) is 1.14. The van der Waals surface area contributed by atoms with Crippen molar-refractivity contribution in [2.24, 2.45) is 5.92 Å². The third-order valence-corrected chi connectivity index (χ3v) is 2.36. The number of hydrogen-bond acceptors (Lipinski definition) is 4. The summed E-state index contributed by atoms with van der Waals surface area (Å²) in [5.41, 5.74) is 0.943. The molecule has 0 saturated heterocycles. The maximum Gasteiger partial charge on any atom is 0.309 e. The lowest BCUT2D eigenvalue weighted by Crippen LogP contribution is -2.07. The summed E-state index contributed by atoms with van der Waals surface area (Å²) < 4.78 is 4.94. The molecule has 0 radical (unpaired) electrons. The first-order valence-electron chi connectivity index (χ1n) is 4.75. The lowest BCUT2D eigenvalue weighted by Gasteiger charge is -1.99. The highest BCUT2D eigenvalue weighted by molar-refractivity contribution is 5.77. The van der Waals surface area contributed by atoms with Gasteiger partial charge in [-0.05, 0) is 19.4 Å². The van der Waals surface area contributed by atoms with Crippen molar-refractivity contribution in [1.29, 1.82) is 0 Å². The zero-order valence-electron chi connectivity index (χ0n) is 8.01. The van der Waals surface area contributed by atoms with Gasteiger partial charge in [-0.1, -0.05) is 0 Å². The van der Waals surface area contributed by atoms with Crippen LogP contribution in [0.4, 0.5) is 0 Å². The molecular formula is C10H12N2O2. The van der Waals surface area contributed by atoms with E-state index in [4.69, 9.17) is 4.74 Å². The van der Waals surface area contributed by atoms with Crippen LogP contribution in [0.25, 0.3) is 0 Å². The number of ether oxygens (including phenoxy) is 1. The minimum absolute atomic E-state index is 0.0184. The zero-order valence-corrected chi connectivity index (χ0v) is 8.01. The van der Waals surface area contributed by atoms with Gasteiger partial charge < -0.3 is 4.74 Å². The van der Waals surface area contributed by atoms with Crippen LogP contribution in [0, 0.1) is 5.92 Å². The van der Waals surface area contributed by atoms with Crippen LogP contribution in [0.5, 0.6) is 0 Å². The maximum atomic E-state index is 11.3. The van der Waals surface area contributed by atoms with Crippen molar-refractivity contribution in [3.05, 3.63) is 24.3 Å². The van der Waals surface area contributed by atoms with Crippen molar-refractivity contribution in [3.8, 4) is 0 Å². The summed E-state index contributed by atoms with van der Waals surface area (Å²) in [6.07, 6.45) is 4.06. The molecule has 2 rings (SSSR count). The van der Waals surface area contributed by atoms with E-state index >= 15 is 0 Å². The smallest absolute Gasteiger partial charge is 0.309 e. The Balaban J connectivity index is 1.96. The predicted molar refractivity (Wildman–Crippen MR) is 49.5 cm³/mol. The van der Waals surface area contributed by atoms with E-state index in [2.05, 4.69) is 9.97 Å². The van der Waals surface area contributed by atoms with Crippen LogP contribution in [-0.2, 0) is 9.53 Å². The van der Waals surface area contributed by atoms with Gasteiger partial charge >= 0.3 is 5.97 Å².